The van der Waals surface area contributed by atoms with Gasteiger partial charge in [-0.05, 0) is 30.3 Å². The van der Waals surface area contributed by atoms with Crippen molar-refractivity contribution in [2.24, 2.45) is 0 Å². The lowest BCUT2D eigenvalue weighted by Gasteiger charge is -2.10. The first-order valence-corrected chi connectivity index (χ1v) is 7.04. The molecule has 20 heavy (non-hydrogen) atoms. The number of hydrogen-bond acceptors (Lipinski definition) is 2. The van der Waals surface area contributed by atoms with Gasteiger partial charge in [0.25, 0.3) is 0 Å². The number of rotatable bonds is 3. The fourth-order valence-electron chi connectivity index (χ4n) is 1.97. The average molecular weight is 304 g/mol. The van der Waals surface area contributed by atoms with Crippen LogP contribution in [0.5, 0.6) is 11.5 Å². The van der Waals surface area contributed by atoms with Gasteiger partial charge in [0.1, 0.15) is 11.5 Å². The van der Waals surface area contributed by atoms with E-state index < -0.39 is 0 Å². The number of hydrogen-bond donors (Lipinski definition) is 0. The predicted octanol–water partition coefficient (Wildman–Crippen LogP) is 5.42. The molecule has 3 aromatic rings. The summed E-state index contributed by atoms with van der Waals surface area (Å²) in [7, 11) is 0. The Bertz CT molecular complexity index is 758. The molecule has 1 aromatic heterocycles. The van der Waals surface area contributed by atoms with Crippen molar-refractivity contribution in [3.63, 3.8) is 0 Å². The predicted molar refractivity (Wildman–Crippen MR) is 82.8 cm³/mol. The first-order valence-electron chi connectivity index (χ1n) is 6.13. The van der Waals surface area contributed by atoms with Gasteiger partial charge < -0.3 is 4.74 Å². The Balaban J connectivity index is 1.98. The van der Waals surface area contributed by atoms with Crippen LogP contribution in [0.15, 0.2) is 54.7 Å². The van der Waals surface area contributed by atoms with Crippen molar-refractivity contribution >= 4 is 34.1 Å². The molecule has 0 saturated carbocycles. The van der Waals surface area contributed by atoms with E-state index in [2.05, 4.69) is 4.98 Å². The molecule has 0 radical (unpaired) electrons. The molecular weight excluding hydrogens is 293 g/mol. The maximum atomic E-state index is 6.00. The number of fused-ring (bicyclic) bond motifs is 1. The maximum absolute atomic E-state index is 6.00. The van der Waals surface area contributed by atoms with Gasteiger partial charge >= 0.3 is 0 Å². The Kier molecular flexibility index (Phi) is 3.77. The third-order valence-corrected chi connectivity index (χ3v) is 3.50. The van der Waals surface area contributed by atoms with Gasteiger partial charge in [-0.2, -0.15) is 0 Å². The SMILES string of the molecule is ClCc1ccc(Cl)cc1Oc1ccc2cccnc2c1. The Labute approximate surface area is 126 Å². The quantitative estimate of drug-likeness (QED) is 0.603. The Hall–Kier alpha value is -1.77. The van der Waals surface area contributed by atoms with Crippen molar-refractivity contribution in [2.75, 3.05) is 0 Å². The number of benzene rings is 2. The van der Waals surface area contributed by atoms with Crippen molar-refractivity contribution in [1.82, 2.24) is 4.98 Å². The summed E-state index contributed by atoms with van der Waals surface area (Å²) in [6, 6.07) is 15.1. The van der Waals surface area contributed by atoms with Crippen LogP contribution in [0.4, 0.5) is 0 Å². The summed E-state index contributed by atoms with van der Waals surface area (Å²) in [5.74, 6) is 1.76. The first kappa shape index (κ1) is 13.2. The monoisotopic (exact) mass is 303 g/mol. The molecule has 0 unspecified atom stereocenters. The third kappa shape index (κ3) is 2.72. The van der Waals surface area contributed by atoms with E-state index in [1.807, 2.05) is 36.4 Å². The zero-order valence-corrected chi connectivity index (χ0v) is 12.0. The molecule has 4 heteroatoms. The van der Waals surface area contributed by atoms with E-state index in [1.165, 1.54) is 0 Å². The number of pyridine rings is 1. The van der Waals surface area contributed by atoms with Crippen LogP contribution in [0.2, 0.25) is 5.02 Å². The summed E-state index contributed by atoms with van der Waals surface area (Å²) in [6.45, 7) is 0. The van der Waals surface area contributed by atoms with E-state index in [0.717, 1.165) is 16.5 Å². The van der Waals surface area contributed by atoms with Gasteiger partial charge in [0.15, 0.2) is 0 Å². The minimum atomic E-state index is 0.373. The van der Waals surface area contributed by atoms with Crippen LogP contribution in [-0.2, 0) is 5.88 Å². The van der Waals surface area contributed by atoms with Crippen molar-refractivity contribution in [1.29, 1.82) is 0 Å². The molecule has 0 saturated heterocycles. The molecule has 0 spiro atoms. The van der Waals surface area contributed by atoms with Gasteiger partial charge in [0.05, 0.1) is 11.4 Å². The lowest BCUT2D eigenvalue weighted by atomic mass is 10.2. The molecule has 0 aliphatic rings. The highest BCUT2D eigenvalue weighted by Gasteiger charge is 2.06. The van der Waals surface area contributed by atoms with Gasteiger partial charge in [0.2, 0.25) is 0 Å². The number of alkyl halides is 1. The zero-order valence-electron chi connectivity index (χ0n) is 10.5. The number of nitrogens with zero attached hydrogens (tertiary/aromatic N) is 1. The molecule has 3 rings (SSSR count). The number of ether oxygens (including phenoxy) is 1. The first-order chi connectivity index (χ1) is 9.76. The minimum absolute atomic E-state index is 0.373. The van der Waals surface area contributed by atoms with E-state index >= 15 is 0 Å². The average Bonchev–Trinajstić information content (AvgIpc) is 2.47. The molecule has 0 aliphatic carbocycles. The molecule has 0 amide bonds. The summed E-state index contributed by atoms with van der Waals surface area (Å²) in [5, 5.41) is 1.69. The standard InChI is InChI=1S/C16H11Cl2NO/c17-10-12-3-5-13(18)8-16(12)20-14-6-4-11-2-1-7-19-15(11)9-14/h1-9H,10H2. The summed E-state index contributed by atoms with van der Waals surface area (Å²) in [4.78, 5) is 4.31. The fourth-order valence-corrected chi connectivity index (χ4v) is 2.35. The second-order valence-electron chi connectivity index (χ2n) is 4.35. The summed E-state index contributed by atoms with van der Waals surface area (Å²) >= 11 is 11.9. The van der Waals surface area contributed by atoms with Crippen molar-refractivity contribution in [2.45, 2.75) is 5.88 Å². The summed E-state index contributed by atoms with van der Waals surface area (Å²) < 4.78 is 5.88. The van der Waals surface area contributed by atoms with Crippen molar-refractivity contribution in [3.05, 3.63) is 65.3 Å². The second kappa shape index (κ2) is 5.70. The highest BCUT2D eigenvalue weighted by Crippen LogP contribution is 2.30. The lowest BCUT2D eigenvalue weighted by molar-refractivity contribution is 0.479. The van der Waals surface area contributed by atoms with E-state index in [1.54, 1.807) is 18.3 Å². The van der Waals surface area contributed by atoms with E-state index in [4.69, 9.17) is 27.9 Å². The Morgan fingerprint density at radius 3 is 2.80 bits per heavy atom. The molecule has 0 fully saturated rings. The van der Waals surface area contributed by atoms with Crippen LogP contribution >= 0.6 is 23.2 Å². The van der Waals surface area contributed by atoms with Gasteiger partial charge in [-0.3, -0.25) is 4.98 Å². The summed E-state index contributed by atoms with van der Waals surface area (Å²) in [6.07, 6.45) is 1.76. The Morgan fingerprint density at radius 2 is 1.95 bits per heavy atom. The Morgan fingerprint density at radius 1 is 1.05 bits per heavy atom. The van der Waals surface area contributed by atoms with Crippen LogP contribution in [0.25, 0.3) is 10.9 Å². The number of aromatic nitrogens is 1. The van der Waals surface area contributed by atoms with Gasteiger partial charge in [0, 0.05) is 28.2 Å². The molecule has 0 N–H and O–H groups in total. The lowest BCUT2D eigenvalue weighted by Crippen LogP contribution is -1.90. The fraction of sp³-hybridized carbons (Fsp3) is 0.0625. The largest absolute Gasteiger partial charge is 0.457 e. The second-order valence-corrected chi connectivity index (χ2v) is 5.05. The van der Waals surface area contributed by atoms with Crippen LogP contribution in [0.1, 0.15) is 5.56 Å². The highest BCUT2D eigenvalue weighted by molar-refractivity contribution is 6.30. The van der Waals surface area contributed by atoms with Crippen LogP contribution in [0.3, 0.4) is 0 Å². The third-order valence-electron chi connectivity index (χ3n) is 2.98. The van der Waals surface area contributed by atoms with Crippen LogP contribution < -0.4 is 4.74 Å². The number of halogens is 2. The minimum Gasteiger partial charge on any atom is -0.457 e. The zero-order chi connectivity index (χ0) is 13.9. The molecule has 0 aliphatic heterocycles. The molecule has 2 aromatic carbocycles. The van der Waals surface area contributed by atoms with Gasteiger partial charge in [-0.15, -0.1) is 11.6 Å². The maximum Gasteiger partial charge on any atom is 0.133 e. The van der Waals surface area contributed by atoms with E-state index in [9.17, 15) is 0 Å². The van der Waals surface area contributed by atoms with Crippen LogP contribution in [0, 0.1) is 0 Å². The summed E-state index contributed by atoms with van der Waals surface area (Å²) in [5.41, 5.74) is 1.79. The van der Waals surface area contributed by atoms with Crippen LogP contribution in [-0.4, -0.2) is 4.98 Å². The van der Waals surface area contributed by atoms with E-state index in [0.29, 0.717) is 22.4 Å². The smallest absolute Gasteiger partial charge is 0.133 e. The van der Waals surface area contributed by atoms with Crippen molar-refractivity contribution < 1.29 is 4.74 Å². The molecule has 100 valence electrons. The topological polar surface area (TPSA) is 22.1 Å². The van der Waals surface area contributed by atoms with Gasteiger partial charge in [-0.1, -0.05) is 23.7 Å². The molecule has 0 atom stereocenters. The molecular formula is C16H11Cl2NO. The molecule has 1 heterocycles. The van der Waals surface area contributed by atoms with Gasteiger partial charge in [-0.25, -0.2) is 0 Å². The molecule has 0 bridgehead atoms. The van der Waals surface area contributed by atoms with E-state index in [-0.39, 0.29) is 0 Å². The normalized spacial score (nSPS) is 10.7. The van der Waals surface area contributed by atoms with Crippen molar-refractivity contribution in [3.8, 4) is 11.5 Å². The molecule has 2 nitrogen and oxygen atoms in total. The highest BCUT2D eigenvalue weighted by atomic mass is 35.5.